The Labute approximate surface area is 112 Å². The van der Waals surface area contributed by atoms with E-state index in [4.69, 9.17) is 23.2 Å². The molecule has 1 aromatic heterocycles. The summed E-state index contributed by atoms with van der Waals surface area (Å²) in [6.45, 7) is 2.11. The molecule has 0 amide bonds. The first-order valence-electron chi connectivity index (χ1n) is 4.66. The second-order valence-corrected chi connectivity index (χ2v) is 6.25. The average Bonchev–Trinajstić information content (AvgIpc) is 2.60. The van der Waals surface area contributed by atoms with Crippen LogP contribution in [0.3, 0.4) is 0 Å². The predicted molar refractivity (Wildman–Crippen MR) is 72.7 cm³/mol. The van der Waals surface area contributed by atoms with Crippen LogP contribution in [0.4, 0.5) is 0 Å². The molecule has 1 atom stereocenters. The lowest BCUT2D eigenvalue weighted by Gasteiger charge is -2.01. The Morgan fingerprint density at radius 1 is 1.50 bits per heavy atom. The Morgan fingerprint density at radius 2 is 2.31 bits per heavy atom. The van der Waals surface area contributed by atoms with Crippen molar-refractivity contribution in [2.75, 3.05) is 5.75 Å². The van der Waals surface area contributed by atoms with E-state index in [-0.39, 0.29) is 5.28 Å². The van der Waals surface area contributed by atoms with Gasteiger partial charge in [-0.2, -0.15) is 0 Å². The number of thioether (sulfide) groups is 2. The Hall–Kier alpha value is 0.0300. The fraction of sp³-hybridized carbons (Fsp3) is 0.444. The van der Waals surface area contributed by atoms with Crippen molar-refractivity contribution in [2.24, 2.45) is 4.99 Å². The molecule has 0 radical (unpaired) electrons. The van der Waals surface area contributed by atoms with Crippen LogP contribution in [0.1, 0.15) is 12.6 Å². The van der Waals surface area contributed by atoms with Crippen LogP contribution in [0, 0.1) is 0 Å². The number of aliphatic imine (C=N–C) groups is 1. The second kappa shape index (κ2) is 5.58. The summed E-state index contributed by atoms with van der Waals surface area (Å²) in [5.41, 5.74) is 0.831. The lowest BCUT2D eigenvalue weighted by atomic mass is 10.4. The molecule has 2 heterocycles. The summed E-state index contributed by atoms with van der Waals surface area (Å²) in [7, 11) is 0. The third kappa shape index (κ3) is 3.52. The third-order valence-electron chi connectivity index (χ3n) is 1.84. The van der Waals surface area contributed by atoms with E-state index < -0.39 is 0 Å². The molecular weight excluding hydrogens is 285 g/mol. The SMILES string of the molecule is CC1CSC(SCc2cc(Cl)nc(Cl)n2)=N1. The maximum atomic E-state index is 5.79. The summed E-state index contributed by atoms with van der Waals surface area (Å²) in [5.74, 6) is 1.79. The van der Waals surface area contributed by atoms with Crippen LogP contribution in [-0.4, -0.2) is 26.1 Å². The first-order chi connectivity index (χ1) is 7.63. The number of rotatable bonds is 2. The van der Waals surface area contributed by atoms with E-state index in [1.54, 1.807) is 29.6 Å². The van der Waals surface area contributed by atoms with E-state index in [2.05, 4.69) is 21.9 Å². The number of hydrogen-bond donors (Lipinski definition) is 0. The fourth-order valence-electron chi connectivity index (χ4n) is 1.17. The molecule has 1 aliphatic heterocycles. The lowest BCUT2D eigenvalue weighted by Crippen LogP contribution is -1.93. The number of nitrogens with zero attached hydrogens (tertiary/aromatic N) is 3. The maximum Gasteiger partial charge on any atom is 0.224 e. The van der Waals surface area contributed by atoms with Crippen LogP contribution in [-0.2, 0) is 5.75 Å². The van der Waals surface area contributed by atoms with Gasteiger partial charge in [-0.15, -0.1) is 0 Å². The molecule has 0 aliphatic carbocycles. The minimum Gasteiger partial charge on any atom is -0.268 e. The summed E-state index contributed by atoms with van der Waals surface area (Å²) in [6, 6.07) is 2.15. The van der Waals surface area contributed by atoms with Crippen LogP contribution < -0.4 is 0 Å². The minimum absolute atomic E-state index is 0.192. The molecule has 86 valence electrons. The average molecular weight is 294 g/mol. The van der Waals surface area contributed by atoms with Gasteiger partial charge >= 0.3 is 0 Å². The number of aromatic nitrogens is 2. The molecule has 1 unspecified atom stereocenters. The molecule has 0 saturated carbocycles. The van der Waals surface area contributed by atoms with Crippen molar-refractivity contribution in [3.63, 3.8) is 0 Å². The molecule has 2 rings (SSSR count). The quantitative estimate of drug-likeness (QED) is 0.618. The van der Waals surface area contributed by atoms with Crippen LogP contribution in [0.15, 0.2) is 11.1 Å². The summed E-state index contributed by atoms with van der Waals surface area (Å²) < 4.78 is 1.11. The van der Waals surface area contributed by atoms with Crippen molar-refractivity contribution in [2.45, 2.75) is 18.7 Å². The van der Waals surface area contributed by atoms with Crippen LogP contribution >= 0.6 is 46.7 Å². The third-order valence-corrected chi connectivity index (χ3v) is 4.70. The van der Waals surface area contributed by atoms with Crippen molar-refractivity contribution < 1.29 is 0 Å². The highest BCUT2D eigenvalue weighted by Gasteiger charge is 2.14. The maximum absolute atomic E-state index is 5.79. The molecule has 1 aromatic rings. The Bertz CT molecular complexity index is 405. The standard InChI is InChI=1S/C9H9Cl2N3S2/c1-5-3-15-9(12-5)16-4-6-2-7(10)14-8(11)13-6/h2,5H,3-4H2,1H3. The molecule has 3 nitrogen and oxygen atoms in total. The fourth-order valence-corrected chi connectivity index (χ4v) is 3.72. The van der Waals surface area contributed by atoms with E-state index in [9.17, 15) is 0 Å². The smallest absolute Gasteiger partial charge is 0.224 e. The lowest BCUT2D eigenvalue weighted by molar-refractivity contribution is 0.867. The van der Waals surface area contributed by atoms with E-state index in [1.807, 2.05) is 0 Å². The van der Waals surface area contributed by atoms with E-state index in [0.717, 1.165) is 21.6 Å². The summed E-state index contributed by atoms with van der Waals surface area (Å²) in [5, 5.41) is 0.572. The van der Waals surface area contributed by atoms with Crippen LogP contribution in [0.2, 0.25) is 10.4 Å². The molecule has 0 aromatic carbocycles. The normalized spacial score (nSPS) is 19.9. The Kier molecular flexibility index (Phi) is 4.35. The Balaban J connectivity index is 1.97. The summed E-state index contributed by atoms with van der Waals surface area (Å²) >= 11 is 15.0. The zero-order valence-corrected chi connectivity index (χ0v) is 11.6. The van der Waals surface area contributed by atoms with Gasteiger partial charge in [0.25, 0.3) is 0 Å². The molecule has 7 heteroatoms. The summed E-state index contributed by atoms with van der Waals surface area (Å²) in [6.07, 6.45) is 0. The highest BCUT2D eigenvalue weighted by Crippen LogP contribution is 2.28. The molecule has 0 saturated heterocycles. The molecule has 0 N–H and O–H groups in total. The predicted octanol–water partition coefficient (Wildman–Crippen LogP) is 3.51. The first kappa shape index (κ1) is 12.5. The minimum atomic E-state index is 0.192. The molecule has 1 aliphatic rings. The van der Waals surface area contributed by atoms with Crippen molar-refractivity contribution in [1.82, 2.24) is 9.97 Å². The van der Waals surface area contributed by atoms with Crippen LogP contribution in [0.5, 0.6) is 0 Å². The topological polar surface area (TPSA) is 38.1 Å². The summed E-state index contributed by atoms with van der Waals surface area (Å²) in [4.78, 5) is 12.4. The highest BCUT2D eigenvalue weighted by atomic mass is 35.5. The van der Waals surface area contributed by atoms with Gasteiger partial charge < -0.3 is 0 Å². The second-order valence-electron chi connectivity index (χ2n) is 3.29. The first-order valence-corrected chi connectivity index (χ1v) is 7.38. The largest absolute Gasteiger partial charge is 0.268 e. The van der Waals surface area contributed by atoms with Gasteiger partial charge in [-0.25, -0.2) is 9.97 Å². The zero-order valence-electron chi connectivity index (χ0n) is 8.48. The van der Waals surface area contributed by atoms with Gasteiger partial charge in [0.05, 0.1) is 11.7 Å². The van der Waals surface area contributed by atoms with Crippen molar-refractivity contribution in [3.05, 3.63) is 22.2 Å². The molecule has 0 spiro atoms. The van der Waals surface area contributed by atoms with Gasteiger partial charge in [-0.1, -0.05) is 35.1 Å². The van der Waals surface area contributed by atoms with Gasteiger partial charge in [0.1, 0.15) is 9.53 Å². The van der Waals surface area contributed by atoms with Crippen molar-refractivity contribution in [3.8, 4) is 0 Å². The highest BCUT2D eigenvalue weighted by molar-refractivity contribution is 8.38. The van der Waals surface area contributed by atoms with Gasteiger partial charge in [0, 0.05) is 11.5 Å². The van der Waals surface area contributed by atoms with E-state index >= 15 is 0 Å². The van der Waals surface area contributed by atoms with Crippen molar-refractivity contribution >= 4 is 51.1 Å². The van der Waals surface area contributed by atoms with Gasteiger partial charge in [0.2, 0.25) is 5.28 Å². The van der Waals surface area contributed by atoms with E-state index in [0.29, 0.717) is 11.2 Å². The van der Waals surface area contributed by atoms with Gasteiger partial charge in [0.15, 0.2) is 0 Å². The Morgan fingerprint density at radius 3 is 2.94 bits per heavy atom. The molecule has 0 fully saturated rings. The zero-order chi connectivity index (χ0) is 11.5. The monoisotopic (exact) mass is 293 g/mol. The number of halogens is 2. The van der Waals surface area contributed by atoms with E-state index in [1.165, 1.54) is 0 Å². The van der Waals surface area contributed by atoms with Gasteiger partial charge in [-0.3, -0.25) is 4.99 Å². The number of hydrogen-bond acceptors (Lipinski definition) is 5. The van der Waals surface area contributed by atoms with Crippen LogP contribution in [0.25, 0.3) is 0 Å². The molecular formula is C9H9Cl2N3S2. The molecule has 16 heavy (non-hydrogen) atoms. The molecule has 0 bridgehead atoms. The van der Waals surface area contributed by atoms with Crippen molar-refractivity contribution in [1.29, 1.82) is 0 Å². The van der Waals surface area contributed by atoms with Gasteiger partial charge in [-0.05, 0) is 24.6 Å².